The second-order valence-corrected chi connectivity index (χ2v) is 7.49. The van der Waals surface area contributed by atoms with Crippen LogP contribution in [0.15, 0.2) is 17.5 Å². The van der Waals surface area contributed by atoms with E-state index in [9.17, 15) is 4.79 Å². The number of rotatable bonds is 4. The summed E-state index contributed by atoms with van der Waals surface area (Å²) in [7, 11) is 0. The second-order valence-electron chi connectivity index (χ2n) is 6.54. The fraction of sp³-hybridized carbons (Fsp3) is 0.706. The summed E-state index contributed by atoms with van der Waals surface area (Å²) < 4.78 is 0. The van der Waals surface area contributed by atoms with Gasteiger partial charge in [0.15, 0.2) is 0 Å². The highest BCUT2D eigenvalue weighted by Crippen LogP contribution is 2.41. The summed E-state index contributed by atoms with van der Waals surface area (Å²) in [6.45, 7) is 1.79. The molecule has 4 heteroatoms. The number of carbonyl (C=O) groups is 1. The lowest BCUT2D eigenvalue weighted by Gasteiger charge is -2.37. The predicted molar refractivity (Wildman–Crippen MR) is 87.7 cm³/mol. The number of amides is 1. The lowest BCUT2D eigenvalue weighted by atomic mass is 9.73. The van der Waals surface area contributed by atoms with Crippen LogP contribution in [0.25, 0.3) is 0 Å². The minimum absolute atomic E-state index is 0.0303. The van der Waals surface area contributed by atoms with E-state index in [4.69, 9.17) is 0 Å². The van der Waals surface area contributed by atoms with Gasteiger partial charge < -0.3 is 10.6 Å². The first-order chi connectivity index (χ1) is 10.3. The Morgan fingerprint density at radius 3 is 2.81 bits per heavy atom. The number of hydrogen-bond donors (Lipinski definition) is 2. The standard InChI is InChI=1S/C17H26N2OS/c20-16(14-7-2-5-11-18-14)19-13-17(9-3-1-4-10-17)15-8-6-12-21-15/h6,8,12,14,18H,1-5,7,9-11,13H2,(H,19,20). The number of nitrogens with one attached hydrogen (secondary N) is 2. The maximum Gasteiger partial charge on any atom is 0.237 e. The monoisotopic (exact) mass is 306 g/mol. The fourth-order valence-electron chi connectivity index (χ4n) is 3.77. The maximum atomic E-state index is 12.4. The van der Waals surface area contributed by atoms with E-state index in [-0.39, 0.29) is 17.4 Å². The van der Waals surface area contributed by atoms with Crippen LogP contribution in [-0.2, 0) is 10.2 Å². The molecule has 1 saturated heterocycles. The molecule has 1 aromatic heterocycles. The molecule has 0 spiro atoms. The Morgan fingerprint density at radius 1 is 1.29 bits per heavy atom. The van der Waals surface area contributed by atoms with Crippen LogP contribution in [0.2, 0.25) is 0 Å². The van der Waals surface area contributed by atoms with E-state index in [0.29, 0.717) is 0 Å². The molecule has 2 aliphatic rings. The summed E-state index contributed by atoms with van der Waals surface area (Å²) >= 11 is 1.85. The summed E-state index contributed by atoms with van der Waals surface area (Å²) in [5.41, 5.74) is 0.191. The lowest BCUT2D eigenvalue weighted by molar-refractivity contribution is -0.124. The van der Waals surface area contributed by atoms with Crippen molar-refractivity contribution < 1.29 is 4.79 Å². The molecule has 2 N–H and O–H groups in total. The molecule has 2 fully saturated rings. The summed E-state index contributed by atoms with van der Waals surface area (Å²) in [5.74, 6) is 0.205. The van der Waals surface area contributed by atoms with E-state index < -0.39 is 0 Å². The van der Waals surface area contributed by atoms with Gasteiger partial charge >= 0.3 is 0 Å². The first-order valence-corrected chi connectivity index (χ1v) is 9.23. The van der Waals surface area contributed by atoms with E-state index in [1.165, 1.54) is 49.8 Å². The molecule has 1 aliphatic carbocycles. The van der Waals surface area contributed by atoms with Gasteiger partial charge in [-0.2, -0.15) is 0 Å². The van der Waals surface area contributed by atoms with Gasteiger partial charge in [-0.1, -0.05) is 31.7 Å². The second kappa shape index (κ2) is 6.93. The van der Waals surface area contributed by atoms with Crippen molar-refractivity contribution >= 4 is 17.2 Å². The first kappa shape index (κ1) is 15.0. The average Bonchev–Trinajstić information content (AvgIpc) is 3.09. The third-order valence-electron chi connectivity index (χ3n) is 5.08. The fourth-order valence-corrected chi connectivity index (χ4v) is 4.76. The Bertz CT molecular complexity index is 445. The van der Waals surface area contributed by atoms with Crippen LogP contribution in [0.4, 0.5) is 0 Å². The summed E-state index contributed by atoms with van der Waals surface area (Å²) in [6.07, 6.45) is 9.69. The van der Waals surface area contributed by atoms with Crippen LogP contribution in [0.5, 0.6) is 0 Å². The Labute approximate surface area is 131 Å². The van der Waals surface area contributed by atoms with E-state index in [1.807, 2.05) is 11.3 Å². The van der Waals surface area contributed by atoms with Gasteiger partial charge in [-0.05, 0) is 43.7 Å². The highest BCUT2D eigenvalue weighted by molar-refractivity contribution is 7.10. The summed E-state index contributed by atoms with van der Waals surface area (Å²) in [6, 6.07) is 4.42. The Kier molecular flexibility index (Phi) is 4.96. The normalized spacial score (nSPS) is 25.4. The molecule has 3 rings (SSSR count). The molecule has 2 heterocycles. The first-order valence-electron chi connectivity index (χ1n) is 8.35. The molecule has 0 aromatic carbocycles. The van der Waals surface area contributed by atoms with Gasteiger partial charge in [0.05, 0.1) is 6.04 Å². The van der Waals surface area contributed by atoms with Gasteiger partial charge in [0.2, 0.25) is 5.91 Å². The van der Waals surface area contributed by atoms with Gasteiger partial charge in [-0.3, -0.25) is 4.79 Å². The van der Waals surface area contributed by atoms with E-state index in [2.05, 4.69) is 28.1 Å². The molecular formula is C17H26N2OS. The smallest absolute Gasteiger partial charge is 0.237 e. The Hall–Kier alpha value is -0.870. The average molecular weight is 306 g/mol. The summed E-state index contributed by atoms with van der Waals surface area (Å²) in [4.78, 5) is 13.8. The highest BCUT2D eigenvalue weighted by Gasteiger charge is 2.35. The van der Waals surface area contributed by atoms with Gasteiger partial charge in [0.1, 0.15) is 0 Å². The zero-order valence-corrected chi connectivity index (χ0v) is 13.5. The molecule has 0 radical (unpaired) electrons. The van der Waals surface area contributed by atoms with Crippen molar-refractivity contribution in [3.05, 3.63) is 22.4 Å². The third-order valence-corrected chi connectivity index (χ3v) is 6.20. The van der Waals surface area contributed by atoms with Crippen LogP contribution in [0.3, 0.4) is 0 Å². The zero-order chi connectivity index (χ0) is 14.5. The SMILES string of the molecule is O=C(NCC1(c2cccs2)CCCCC1)C1CCCCN1. The number of hydrogen-bond acceptors (Lipinski definition) is 3. The minimum Gasteiger partial charge on any atom is -0.354 e. The quantitative estimate of drug-likeness (QED) is 0.897. The van der Waals surface area contributed by atoms with Crippen LogP contribution in [-0.4, -0.2) is 25.0 Å². The molecule has 21 heavy (non-hydrogen) atoms. The van der Waals surface area contributed by atoms with Crippen molar-refractivity contribution in [2.45, 2.75) is 62.8 Å². The van der Waals surface area contributed by atoms with Gasteiger partial charge in [-0.25, -0.2) is 0 Å². The van der Waals surface area contributed by atoms with Crippen molar-refractivity contribution in [3.8, 4) is 0 Å². The van der Waals surface area contributed by atoms with Crippen molar-refractivity contribution in [2.75, 3.05) is 13.1 Å². The maximum absolute atomic E-state index is 12.4. The molecule has 116 valence electrons. The van der Waals surface area contributed by atoms with Crippen LogP contribution in [0.1, 0.15) is 56.2 Å². The molecule has 0 bridgehead atoms. The van der Waals surface area contributed by atoms with E-state index in [0.717, 1.165) is 19.5 Å². The van der Waals surface area contributed by atoms with E-state index in [1.54, 1.807) is 0 Å². The molecule has 1 aromatic rings. The van der Waals surface area contributed by atoms with E-state index >= 15 is 0 Å². The van der Waals surface area contributed by atoms with Gasteiger partial charge in [0, 0.05) is 16.8 Å². The molecule has 1 aliphatic heterocycles. The Morgan fingerprint density at radius 2 is 2.14 bits per heavy atom. The highest BCUT2D eigenvalue weighted by atomic mass is 32.1. The number of carbonyl (C=O) groups excluding carboxylic acids is 1. The minimum atomic E-state index is 0.0303. The Balaban J connectivity index is 1.63. The molecule has 3 nitrogen and oxygen atoms in total. The lowest BCUT2D eigenvalue weighted by Crippen LogP contribution is -2.50. The van der Waals surface area contributed by atoms with Crippen molar-refractivity contribution in [1.29, 1.82) is 0 Å². The van der Waals surface area contributed by atoms with Gasteiger partial charge in [0.25, 0.3) is 0 Å². The van der Waals surface area contributed by atoms with Crippen LogP contribution < -0.4 is 10.6 Å². The molecule has 1 unspecified atom stereocenters. The zero-order valence-electron chi connectivity index (χ0n) is 12.7. The molecule has 1 amide bonds. The van der Waals surface area contributed by atoms with Crippen molar-refractivity contribution in [1.82, 2.24) is 10.6 Å². The molecular weight excluding hydrogens is 280 g/mol. The summed E-state index contributed by atoms with van der Waals surface area (Å²) in [5, 5.41) is 8.76. The van der Waals surface area contributed by atoms with Crippen LogP contribution in [0, 0.1) is 0 Å². The van der Waals surface area contributed by atoms with Gasteiger partial charge in [-0.15, -0.1) is 11.3 Å². The molecule has 1 saturated carbocycles. The largest absolute Gasteiger partial charge is 0.354 e. The van der Waals surface area contributed by atoms with Crippen molar-refractivity contribution in [2.24, 2.45) is 0 Å². The topological polar surface area (TPSA) is 41.1 Å². The van der Waals surface area contributed by atoms with Crippen LogP contribution >= 0.6 is 11.3 Å². The molecule has 1 atom stereocenters. The van der Waals surface area contributed by atoms with Crippen molar-refractivity contribution in [3.63, 3.8) is 0 Å². The number of thiophene rings is 1. The third kappa shape index (κ3) is 3.49. The predicted octanol–water partition coefficient (Wildman–Crippen LogP) is 3.21. The number of piperidine rings is 1.